The second-order valence-corrected chi connectivity index (χ2v) is 16.7. The summed E-state index contributed by atoms with van der Waals surface area (Å²) in [6, 6.07) is 72.2. The van der Waals surface area contributed by atoms with E-state index in [9.17, 15) is 0 Å². The van der Waals surface area contributed by atoms with Crippen molar-refractivity contribution in [2.45, 2.75) is 0 Å². The van der Waals surface area contributed by atoms with Crippen molar-refractivity contribution in [3.8, 4) is 39.6 Å². The van der Waals surface area contributed by atoms with Crippen molar-refractivity contribution in [3.05, 3.63) is 200 Å². The minimum absolute atomic E-state index is 0.652. The number of benzene rings is 10. The summed E-state index contributed by atoms with van der Waals surface area (Å²) < 4.78 is 4.87. The molecule has 0 aliphatic heterocycles. The Hall–Kier alpha value is -7.66. The van der Waals surface area contributed by atoms with Gasteiger partial charge in [0.05, 0.1) is 27.1 Å². The highest BCUT2D eigenvalue weighted by atomic mass is 32.1. The molecule has 13 rings (SSSR count). The van der Waals surface area contributed by atoms with Crippen molar-refractivity contribution >= 4 is 96.4 Å². The molecule has 0 amide bonds. The molecule has 10 aromatic carbocycles. The van der Waals surface area contributed by atoms with Gasteiger partial charge in [-0.15, -0.1) is 11.3 Å². The maximum Gasteiger partial charge on any atom is 0.235 e. The molecule has 3 heterocycles. The van der Waals surface area contributed by atoms with Gasteiger partial charge < -0.3 is 0 Å². The number of hydrogen-bond donors (Lipinski definition) is 0. The molecule has 0 atom stereocenters. The summed E-state index contributed by atoms with van der Waals surface area (Å²) in [5.74, 6) is 0.652. The van der Waals surface area contributed by atoms with Crippen LogP contribution in [0.15, 0.2) is 200 Å². The van der Waals surface area contributed by atoms with E-state index in [2.05, 4.69) is 205 Å². The van der Waals surface area contributed by atoms with Crippen molar-refractivity contribution in [3.63, 3.8) is 0 Å². The van der Waals surface area contributed by atoms with Gasteiger partial charge in [0.2, 0.25) is 5.95 Å². The minimum Gasteiger partial charge on any atom is -0.276 e. The first-order valence-corrected chi connectivity index (χ1v) is 21.2. The number of thiophene rings is 1. The molecule has 13 aromatic rings. The van der Waals surface area contributed by atoms with E-state index >= 15 is 0 Å². The molecule has 0 aliphatic carbocycles. The number of rotatable bonds is 4. The monoisotopic (exact) mass is 779 g/mol. The Morgan fingerprint density at radius 2 is 0.817 bits per heavy atom. The van der Waals surface area contributed by atoms with E-state index in [1.54, 1.807) is 0 Å². The molecule has 3 nitrogen and oxygen atoms in total. The van der Waals surface area contributed by atoms with Crippen molar-refractivity contribution in [1.29, 1.82) is 0 Å². The van der Waals surface area contributed by atoms with E-state index in [0.29, 0.717) is 5.95 Å². The van der Waals surface area contributed by atoms with E-state index in [4.69, 9.17) is 9.97 Å². The third-order valence-electron chi connectivity index (χ3n) is 12.4. The quantitative estimate of drug-likeness (QED) is 0.167. The first kappa shape index (κ1) is 33.3. The van der Waals surface area contributed by atoms with Gasteiger partial charge in [-0.25, -0.2) is 9.97 Å². The number of para-hydroxylation sites is 1. The minimum atomic E-state index is 0.652. The fraction of sp³-hybridized carbons (Fsp3) is 0. The number of aromatic nitrogens is 3. The molecule has 60 heavy (non-hydrogen) atoms. The summed E-state index contributed by atoms with van der Waals surface area (Å²) in [5, 5.41) is 15.2. The zero-order valence-corrected chi connectivity index (χ0v) is 33.1. The van der Waals surface area contributed by atoms with Crippen molar-refractivity contribution in [2.24, 2.45) is 0 Å². The average Bonchev–Trinajstić information content (AvgIpc) is 3.89. The Morgan fingerprint density at radius 1 is 0.317 bits per heavy atom. The summed E-state index contributed by atoms with van der Waals surface area (Å²) in [4.78, 5) is 10.9. The van der Waals surface area contributed by atoms with Gasteiger partial charge in [0.15, 0.2) is 0 Å². The molecule has 278 valence electrons. The molecule has 0 bridgehead atoms. The molecular formula is C56H33N3S. The van der Waals surface area contributed by atoms with Crippen LogP contribution in [0, 0.1) is 0 Å². The highest BCUT2D eigenvalue weighted by Gasteiger charge is 2.24. The lowest BCUT2D eigenvalue weighted by Crippen LogP contribution is -2.04. The molecule has 4 heteroatoms. The highest BCUT2D eigenvalue weighted by Crippen LogP contribution is 2.51. The van der Waals surface area contributed by atoms with Crippen LogP contribution in [0.1, 0.15) is 0 Å². The Kier molecular flexibility index (Phi) is 7.18. The third kappa shape index (κ3) is 4.83. The molecule has 0 fully saturated rings. The standard InChI is InChI=1S/C56H33N3S/c1-3-16-34(17-4-1)36-20-15-21-37(32-36)48-33-47(35-18-5-2-6-19-35)57-56(58-48)59-49-29-14-13-24-40(49)45-30-31-46-51-44-28-12-11-27-43(44)50-41-25-9-7-22-38(41)39-23-8-10-26-42(39)52(50)55(51)60-54(46)53(45)59/h1-33H. The summed E-state index contributed by atoms with van der Waals surface area (Å²) in [7, 11) is 0. The van der Waals surface area contributed by atoms with Crippen LogP contribution in [0.5, 0.6) is 0 Å². The molecular weight excluding hydrogens is 747 g/mol. The summed E-state index contributed by atoms with van der Waals surface area (Å²) >= 11 is 1.91. The van der Waals surface area contributed by atoms with Crippen LogP contribution in [0.3, 0.4) is 0 Å². The maximum atomic E-state index is 5.50. The third-order valence-corrected chi connectivity index (χ3v) is 13.6. The molecule has 0 radical (unpaired) electrons. The summed E-state index contributed by atoms with van der Waals surface area (Å²) in [5.41, 5.74) is 8.38. The molecule has 0 spiro atoms. The zero-order valence-electron chi connectivity index (χ0n) is 32.3. The van der Waals surface area contributed by atoms with Gasteiger partial charge in [0.25, 0.3) is 0 Å². The highest BCUT2D eigenvalue weighted by molar-refractivity contribution is 7.28. The van der Waals surface area contributed by atoms with E-state index in [0.717, 1.165) is 39.1 Å². The molecule has 0 saturated heterocycles. The van der Waals surface area contributed by atoms with Crippen LogP contribution in [0.4, 0.5) is 0 Å². The summed E-state index contributed by atoms with van der Waals surface area (Å²) in [6.45, 7) is 0. The second kappa shape index (κ2) is 12.9. The number of nitrogens with zero attached hydrogens (tertiary/aromatic N) is 3. The van der Waals surface area contributed by atoms with Crippen LogP contribution in [0.25, 0.3) is 125 Å². The average molecular weight is 780 g/mol. The summed E-state index contributed by atoms with van der Waals surface area (Å²) in [6.07, 6.45) is 0. The first-order valence-electron chi connectivity index (χ1n) is 20.4. The first-order chi connectivity index (χ1) is 29.8. The zero-order chi connectivity index (χ0) is 39.3. The fourth-order valence-corrected chi connectivity index (χ4v) is 11.2. The topological polar surface area (TPSA) is 30.7 Å². The molecule has 3 aromatic heterocycles. The van der Waals surface area contributed by atoms with Gasteiger partial charge in [-0.05, 0) is 67.0 Å². The fourth-order valence-electron chi connectivity index (χ4n) is 9.76. The van der Waals surface area contributed by atoms with Crippen LogP contribution in [-0.2, 0) is 0 Å². The maximum absolute atomic E-state index is 5.50. The predicted octanol–water partition coefficient (Wildman–Crippen LogP) is 15.6. The second-order valence-electron chi connectivity index (χ2n) is 15.6. The molecule has 0 saturated carbocycles. The lowest BCUT2D eigenvalue weighted by atomic mass is 9.89. The number of fused-ring (bicyclic) bond motifs is 17. The van der Waals surface area contributed by atoms with Crippen molar-refractivity contribution in [2.75, 3.05) is 0 Å². The van der Waals surface area contributed by atoms with Crippen LogP contribution < -0.4 is 0 Å². The van der Waals surface area contributed by atoms with Crippen LogP contribution in [0.2, 0.25) is 0 Å². The molecule has 0 N–H and O–H groups in total. The Morgan fingerprint density at radius 3 is 1.52 bits per heavy atom. The van der Waals surface area contributed by atoms with Crippen molar-refractivity contribution in [1.82, 2.24) is 14.5 Å². The van der Waals surface area contributed by atoms with Gasteiger partial charge in [-0.2, -0.15) is 0 Å². The number of hydrogen-bond acceptors (Lipinski definition) is 3. The van der Waals surface area contributed by atoms with Gasteiger partial charge in [-0.3, -0.25) is 4.57 Å². The largest absolute Gasteiger partial charge is 0.276 e. The SMILES string of the molecule is c1ccc(-c2cccc(-c3cc(-c4ccccc4)nc(-n4c5ccccc5c5ccc6c(sc7c6c6ccccc6c6c8ccccc8c8ccccc8c76)c54)n3)c2)cc1. The van der Waals surface area contributed by atoms with Crippen LogP contribution in [-0.4, -0.2) is 14.5 Å². The lowest BCUT2D eigenvalue weighted by molar-refractivity contribution is 0.998. The van der Waals surface area contributed by atoms with Gasteiger partial charge in [-0.1, -0.05) is 182 Å². The van der Waals surface area contributed by atoms with E-state index < -0.39 is 0 Å². The van der Waals surface area contributed by atoms with E-state index in [1.165, 1.54) is 79.6 Å². The van der Waals surface area contributed by atoms with Crippen molar-refractivity contribution < 1.29 is 0 Å². The Bertz CT molecular complexity index is 3880. The van der Waals surface area contributed by atoms with Gasteiger partial charge in [0, 0.05) is 42.8 Å². The smallest absolute Gasteiger partial charge is 0.235 e. The Labute approximate surface area is 349 Å². The lowest BCUT2D eigenvalue weighted by Gasteiger charge is -2.14. The van der Waals surface area contributed by atoms with Gasteiger partial charge in [0.1, 0.15) is 0 Å². The normalized spacial score (nSPS) is 12.0. The Balaban J connectivity index is 1.18. The molecule has 0 unspecified atom stereocenters. The van der Waals surface area contributed by atoms with Gasteiger partial charge >= 0.3 is 0 Å². The predicted molar refractivity (Wildman–Crippen MR) is 256 cm³/mol. The van der Waals surface area contributed by atoms with E-state index in [-0.39, 0.29) is 0 Å². The molecule has 0 aliphatic rings. The van der Waals surface area contributed by atoms with E-state index in [1.807, 2.05) is 11.3 Å². The van der Waals surface area contributed by atoms with Crippen LogP contribution >= 0.6 is 11.3 Å².